The number of aromatic nitrogens is 4. The summed E-state index contributed by atoms with van der Waals surface area (Å²) in [4.78, 5) is 10.4. The van der Waals surface area contributed by atoms with Crippen molar-refractivity contribution in [2.45, 2.75) is 39.5 Å². The van der Waals surface area contributed by atoms with Gasteiger partial charge in [-0.15, -0.1) is 0 Å². The van der Waals surface area contributed by atoms with Crippen molar-refractivity contribution < 1.29 is 5.11 Å². The van der Waals surface area contributed by atoms with Gasteiger partial charge in [0.15, 0.2) is 0 Å². The van der Waals surface area contributed by atoms with Crippen LogP contribution in [-0.2, 0) is 0 Å². The highest BCUT2D eigenvalue weighted by molar-refractivity contribution is 6.23. The summed E-state index contributed by atoms with van der Waals surface area (Å²) >= 11 is 0. The maximum absolute atomic E-state index is 12.2. The number of aromatic hydroxyl groups is 1. The topological polar surface area (TPSA) is 55.4 Å². The summed E-state index contributed by atoms with van der Waals surface area (Å²) < 4.78 is 4.67. The molecule has 11 aromatic rings. The van der Waals surface area contributed by atoms with Crippen molar-refractivity contribution in [2.75, 3.05) is 0 Å². The first kappa shape index (κ1) is 35.0. The molecule has 4 heterocycles. The number of pyridine rings is 1. The summed E-state index contributed by atoms with van der Waals surface area (Å²) in [6.07, 6.45) is 1.89. The number of para-hydroxylation sites is 3. The molecular weight excluding hydrogens is 721 g/mol. The van der Waals surface area contributed by atoms with Gasteiger partial charge in [-0.25, -0.2) is 4.98 Å². The third kappa shape index (κ3) is 5.45. The van der Waals surface area contributed by atoms with Crippen LogP contribution in [0.4, 0.5) is 0 Å². The molecule has 1 N–H and O–H groups in total. The van der Waals surface area contributed by atoms with E-state index in [2.05, 4.69) is 188 Å². The average Bonchev–Trinajstić information content (AvgIpc) is 3.94. The van der Waals surface area contributed by atoms with Crippen molar-refractivity contribution in [2.24, 2.45) is 0 Å². The molecule has 7 aromatic carbocycles. The average molecular weight is 763 g/mol. The quantitative estimate of drug-likeness (QED) is 0.176. The van der Waals surface area contributed by atoms with Crippen LogP contribution in [0.25, 0.3) is 99.7 Å². The van der Waals surface area contributed by atoms with E-state index in [0.29, 0.717) is 5.82 Å². The highest BCUT2D eigenvalue weighted by atomic mass is 16.3. The Morgan fingerprint density at radius 1 is 0.508 bits per heavy atom. The molecule has 5 heteroatoms. The SMILES string of the molecule is CC(C)c1cc(-c2nc3c(-c4cccc(-c5cc(-c6ccccc6)ccn5)c4)cccc3n2-c2ccc3c4cccc5c6ccccc6n(c3c2)c54)c(O)c(C(C)C)c1. The fourth-order valence-corrected chi connectivity index (χ4v) is 9.20. The van der Waals surface area contributed by atoms with Crippen LogP contribution < -0.4 is 0 Å². The van der Waals surface area contributed by atoms with Gasteiger partial charge in [0.2, 0.25) is 0 Å². The molecule has 0 aliphatic rings. The molecule has 59 heavy (non-hydrogen) atoms. The van der Waals surface area contributed by atoms with Crippen molar-refractivity contribution in [3.8, 4) is 56.3 Å². The van der Waals surface area contributed by atoms with E-state index in [9.17, 15) is 5.11 Å². The summed E-state index contributed by atoms with van der Waals surface area (Å²) in [5, 5.41) is 17.1. The number of phenolic OH excluding ortho intramolecular Hbond substituents is 1. The largest absolute Gasteiger partial charge is 0.507 e. The number of imidazole rings is 1. The van der Waals surface area contributed by atoms with Gasteiger partial charge in [-0.2, -0.15) is 0 Å². The zero-order valence-electron chi connectivity index (χ0n) is 33.5. The number of phenols is 1. The minimum atomic E-state index is 0.125. The minimum Gasteiger partial charge on any atom is -0.507 e. The number of hydrogen-bond acceptors (Lipinski definition) is 3. The summed E-state index contributed by atoms with van der Waals surface area (Å²) in [6.45, 7) is 8.70. The van der Waals surface area contributed by atoms with E-state index in [4.69, 9.17) is 9.97 Å². The summed E-state index contributed by atoms with van der Waals surface area (Å²) in [5.41, 5.74) is 15.5. The molecule has 5 nitrogen and oxygen atoms in total. The standard InChI is InChI=1S/C54H42N4O/c1-32(2)38-28-45(33(3)4)53(59)46(29-38)54-56-51-40(36-15-10-16-37(27-36)47-30-35(25-26-55-47)34-13-6-5-7-14-34)18-12-22-49(51)57(54)39-23-24-42-44-20-11-19-43-41-17-8-9-21-48(41)58(52(43)44)50(42)31-39/h5-33,59H,1-4H3. The van der Waals surface area contributed by atoms with Crippen LogP contribution in [0.1, 0.15) is 50.7 Å². The lowest BCUT2D eigenvalue weighted by molar-refractivity contribution is 0.466. The highest BCUT2D eigenvalue weighted by Gasteiger charge is 2.25. The molecule has 0 unspecified atom stereocenters. The van der Waals surface area contributed by atoms with E-state index in [1.165, 1.54) is 38.1 Å². The van der Waals surface area contributed by atoms with E-state index >= 15 is 0 Å². The second-order valence-corrected chi connectivity index (χ2v) is 16.4. The van der Waals surface area contributed by atoms with Crippen molar-refractivity contribution in [3.05, 3.63) is 175 Å². The third-order valence-electron chi connectivity index (χ3n) is 12.2. The molecule has 4 aromatic heterocycles. The number of benzene rings is 7. The molecule has 284 valence electrons. The minimum absolute atomic E-state index is 0.125. The van der Waals surface area contributed by atoms with E-state index in [1.807, 2.05) is 12.3 Å². The number of rotatable bonds is 7. The van der Waals surface area contributed by atoms with Crippen molar-refractivity contribution in [3.63, 3.8) is 0 Å². The second-order valence-electron chi connectivity index (χ2n) is 16.4. The Morgan fingerprint density at radius 2 is 1.20 bits per heavy atom. The molecule has 11 rings (SSSR count). The van der Waals surface area contributed by atoms with Gasteiger partial charge in [-0.3, -0.25) is 9.55 Å². The number of hydrogen-bond donors (Lipinski definition) is 1. The predicted molar refractivity (Wildman–Crippen MR) is 245 cm³/mol. The zero-order valence-corrected chi connectivity index (χ0v) is 33.5. The van der Waals surface area contributed by atoms with E-state index in [0.717, 1.165) is 66.9 Å². The monoisotopic (exact) mass is 762 g/mol. The summed E-state index contributed by atoms with van der Waals surface area (Å²) in [7, 11) is 0. The lowest BCUT2D eigenvalue weighted by Gasteiger charge is -2.18. The Bertz CT molecular complexity index is 3410. The molecule has 0 atom stereocenters. The van der Waals surface area contributed by atoms with Crippen LogP contribution in [0, 0.1) is 0 Å². The summed E-state index contributed by atoms with van der Waals surface area (Å²) in [5.74, 6) is 1.38. The van der Waals surface area contributed by atoms with Crippen LogP contribution in [0.15, 0.2) is 164 Å². The van der Waals surface area contributed by atoms with Crippen LogP contribution in [0.3, 0.4) is 0 Å². The fourth-order valence-electron chi connectivity index (χ4n) is 9.20. The Balaban J connectivity index is 1.17. The molecule has 0 saturated carbocycles. The molecule has 0 radical (unpaired) electrons. The van der Waals surface area contributed by atoms with E-state index in [1.54, 1.807) is 0 Å². The van der Waals surface area contributed by atoms with Gasteiger partial charge < -0.3 is 9.51 Å². The van der Waals surface area contributed by atoms with Gasteiger partial charge in [0, 0.05) is 44.6 Å². The maximum atomic E-state index is 12.2. The highest BCUT2D eigenvalue weighted by Crippen LogP contribution is 2.44. The van der Waals surface area contributed by atoms with Gasteiger partial charge in [0.1, 0.15) is 11.6 Å². The Labute approximate surface area is 342 Å². The Kier molecular flexibility index (Phi) is 7.96. The molecule has 0 aliphatic heterocycles. The van der Waals surface area contributed by atoms with Crippen LogP contribution in [0.2, 0.25) is 0 Å². The summed E-state index contributed by atoms with van der Waals surface area (Å²) in [6, 6.07) is 56.1. The first-order valence-electron chi connectivity index (χ1n) is 20.5. The number of fused-ring (bicyclic) bond motifs is 7. The van der Waals surface area contributed by atoms with Gasteiger partial charge in [0.25, 0.3) is 0 Å². The van der Waals surface area contributed by atoms with Gasteiger partial charge in [-0.05, 0) is 88.2 Å². The van der Waals surface area contributed by atoms with Gasteiger partial charge in [0.05, 0.1) is 38.8 Å². The van der Waals surface area contributed by atoms with Crippen LogP contribution in [0.5, 0.6) is 5.75 Å². The van der Waals surface area contributed by atoms with Crippen LogP contribution in [-0.4, -0.2) is 24.0 Å². The normalized spacial score (nSPS) is 12.1. The first-order chi connectivity index (χ1) is 28.8. The van der Waals surface area contributed by atoms with E-state index in [-0.39, 0.29) is 17.6 Å². The van der Waals surface area contributed by atoms with Crippen LogP contribution >= 0.6 is 0 Å². The first-order valence-corrected chi connectivity index (χ1v) is 20.5. The maximum Gasteiger partial charge on any atom is 0.149 e. The number of nitrogens with zero attached hydrogens (tertiary/aromatic N) is 4. The Morgan fingerprint density at radius 3 is 2.02 bits per heavy atom. The smallest absolute Gasteiger partial charge is 0.149 e. The van der Waals surface area contributed by atoms with Crippen molar-refractivity contribution >= 4 is 49.1 Å². The van der Waals surface area contributed by atoms with Gasteiger partial charge in [-0.1, -0.05) is 137 Å². The van der Waals surface area contributed by atoms with Gasteiger partial charge >= 0.3 is 0 Å². The molecular formula is C54H42N4O. The van der Waals surface area contributed by atoms with Crippen molar-refractivity contribution in [1.82, 2.24) is 18.9 Å². The second kappa shape index (κ2) is 13.4. The Hall–Kier alpha value is -7.24. The molecule has 0 amide bonds. The lowest BCUT2D eigenvalue weighted by Crippen LogP contribution is -2.01. The third-order valence-corrected chi connectivity index (χ3v) is 12.2. The molecule has 0 bridgehead atoms. The lowest BCUT2D eigenvalue weighted by atomic mass is 9.91. The fraction of sp³-hybridized carbons (Fsp3) is 0.111. The predicted octanol–water partition coefficient (Wildman–Crippen LogP) is 14.2. The van der Waals surface area contributed by atoms with Crippen molar-refractivity contribution in [1.29, 1.82) is 0 Å². The molecule has 0 aliphatic carbocycles. The zero-order chi connectivity index (χ0) is 39.9. The molecule has 0 fully saturated rings. The molecule has 0 saturated heterocycles. The molecule has 0 spiro atoms. The van der Waals surface area contributed by atoms with E-state index < -0.39 is 0 Å².